The van der Waals surface area contributed by atoms with Crippen LogP contribution in [0.5, 0.6) is 0 Å². The lowest BCUT2D eigenvalue weighted by molar-refractivity contribution is 0.199. The van der Waals surface area contributed by atoms with Crippen molar-refractivity contribution >= 4 is 17.6 Å². The van der Waals surface area contributed by atoms with E-state index >= 15 is 0 Å². The second-order valence-corrected chi connectivity index (χ2v) is 4.95. The molecule has 3 nitrogen and oxygen atoms in total. The van der Waals surface area contributed by atoms with E-state index < -0.39 is 6.10 Å². The normalized spacial score (nSPS) is 14.6. The van der Waals surface area contributed by atoms with Crippen LogP contribution in [-0.2, 0) is 0 Å². The molecule has 0 aliphatic carbocycles. The van der Waals surface area contributed by atoms with E-state index in [1.54, 1.807) is 13.1 Å². The molecule has 1 aromatic rings. The Morgan fingerprint density at radius 1 is 1.44 bits per heavy atom. The largest absolute Gasteiger partial charge is 0.389 e. The molecule has 1 heterocycles. The van der Waals surface area contributed by atoms with Gasteiger partial charge in [-0.3, -0.25) is 0 Å². The Kier molecular flexibility index (Phi) is 5.09. The van der Waals surface area contributed by atoms with Gasteiger partial charge in [-0.05, 0) is 31.7 Å². The molecule has 4 heteroatoms. The van der Waals surface area contributed by atoms with Crippen LogP contribution in [0.25, 0.3) is 0 Å². The van der Waals surface area contributed by atoms with E-state index in [0.717, 1.165) is 17.1 Å². The van der Waals surface area contributed by atoms with Crippen molar-refractivity contribution in [1.82, 2.24) is 4.98 Å². The second-order valence-electron chi connectivity index (χ2n) is 4.04. The van der Waals surface area contributed by atoms with Crippen LogP contribution in [-0.4, -0.2) is 35.2 Å². The third-order valence-corrected chi connectivity index (χ3v) is 3.50. The lowest BCUT2D eigenvalue weighted by Crippen LogP contribution is -2.31. The molecule has 1 aromatic heterocycles. The zero-order chi connectivity index (χ0) is 12.1. The summed E-state index contributed by atoms with van der Waals surface area (Å²) in [5.41, 5.74) is 0.856. The molecule has 1 rings (SSSR count). The van der Waals surface area contributed by atoms with Crippen LogP contribution in [0, 0.1) is 0 Å². The molecular formula is C12H20N2OS. The van der Waals surface area contributed by atoms with Gasteiger partial charge in [-0.1, -0.05) is 6.07 Å². The zero-order valence-electron chi connectivity index (χ0n) is 10.3. The average Bonchev–Trinajstić information content (AvgIpc) is 2.28. The zero-order valence-corrected chi connectivity index (χ0v) is 11.2. The average molecular weight is 240 g/mol. The molecule has 90 valence electrons. The number of anilines is 1. The lowest BCUT2D eigenvalue weighted by Gasteiger charge is -2.25. The van der Waals surface area contributed by atoms with Gasteiger partial charge in [-0.15, -0.1) is 0 Å². The molecule has 0 fully saturated rings. The first-order chi connectivity index (χ1) is 7.56. The van der Waals surface area contributed by atoms with Gasteiger partial charge in [-0.2, -0.15) is 11.8 Å². The van der Waals surface area contributed by atoms with Crippen LogP contribution < -0.4 is 4.90 Å². The highest BCUT2D eigenvalue weighted by Crippen LogP contribution is 2.17. The molecule has 0 radical (unpaired) electrons. The molecular weight excluding hydrogens is 220 g/mol. The van der Waals surface area contributed by atoms with Crippen molar-refractivity contribution in [3.63, 3.8) is 0 Å². The summed E-state index contributed by atoms with van der Waals surface area (Å²) >= 11 is 1.83. The fourth-order valence-electron chi connectivity index (χ4n) is 1.43. The Labute approximate surface area is 102 Å². The number of hydrogen-bond donors (Lipinski definition) is 1. The Balaban J connectivity index is 2.73. The summed E-state index contributed by atoms with van der Waals surface area (Å²) in [6.45, 7) is 3.93. The Hall–Kier alpha value is -0.740. The van der Waals surface area contributed by atoms with Crippen LogP contribution in [0.1, 0.15) is 25.5 Å². The molecule has 16 heavy (non-hydrogen) atoms. The Bertz CT molecular complexity index is 313. The molecule has 1 unspecified atom stereocenters. The highest BCUT2D eigenvalue weighted by molar-refractivity contribution is 7.98. The third-order valence-electron chi connectivity index (χ3n) is 2.68. The first kappa shape index (κ1) is 13.3. The fraction of sp³-hybridized carbons (Fsp3) is 0.583. The molecule has 0 amide bonds. The van der Waals surface area contributed by atoms with E-state index in [1.165, 1.54) is 0 Å². The Morgan fingerprint density at radius 2 is 2.12 bits per heavy atom. The lowest BCUT2D eigenvalue weighted by atomic mass is 10.2. The second kappa shape index (κ2) is 6.11. The van der Waals surface area contributed by atoms with Crippen LogP contribution in [0.3, 0.4) is 0 Å². The Morgan fingerprint density at radius 3 is 2.56 bits per heavy atom. The summed E-state index contributed by atoms with van der Waals surface area (Å²) in [5, 5.41) is 9.39. The highest BCUT2D eigenvalue weighted by atomic mass is 32.2. The van der Waals surface area contributed by atoms with Gasteiger partial charge in [0.2, 0.25) is 0 Å². The molecule has 0 bridgehead atoms. The molecule has 0 spiro atoms. The summed E-state index contributed by atoms with van der Waals surface area (Å²) in [4.78, 5) is 6.51. The summed E-state index contributed by atoms with van der Waals surface area (Å²) in [5.74, 6) is 2.03. The fourth-order valence-corrected chi connectivity index (χ4v) is 2.14. The van der Waals surface area contributed by atoms with Gasteiger partial charge in [-0.25, -0.2) is 4.98 Å². The number of aliphatic hydroxyl groups excluding tert-OH is 1. The number of aliphatic hydroxyl groups is 1. The van der Waals surface area contributed by atoms with Gasteiger partial charge < -0.3 is 10.0 Å². The maximum Gasteiger partial charge on any atom is 0.128 e. The summed E-state index contributed by atoms with van der Waals surface area (Å²) in [6, 6.07) is 4.34. The van der Waals surface area contributed by atoms with E-state index in [9.17, 15) is 5.11 Å². The van der Waals surface area contributed by atoms with Gasteiger partial charge in [0, 0.05) is 25.0 Å². The smallest absolute Gasteiger partial charge is 0.128 e. The van der Waals surface area contributed by atoms with Crippen LogP contribution in [0.15, 0.2) is 18.3 Å². The topological polar surface area (TPSA) is 36.4 Å². The van der Waals surface area contributed by atoms with Gasteiger partial charge in [0.15, 0.2) is 0 Å². The van der Waals surface area contributed by atoms with Crippen LogP contribution >= 0.6 is 11.8 Å². The van der Waals surface area contributed by atoms with Gasteiger partial charge in [0.25, 0.3) is 0 Å². The highest BCUT2D eigenvalue weighted by Gasteiger charge is 2.10. The van der Waals surface area contributed by atoms with Gasteiger partial charge >= 0.3 is 0 Å². The number of rotatable bonds is 5. The van der Waals surface area contributed by atoms with Crippen molar-refractivity contribution in [3.8, 4) is 0 Å². The monoisotopic (exact) mass is 240 g/mol. The van der Waals surface area contributed by atoms with Crippen molar-refractivity contribution in [2.24, 2.45) is 0 Å². The molecule has 1 N–H and O–H groups in total. The van der Waals surface area contributed by atoms with Crippen molar-refractivity contribution in [3.05, 3.63) is 23.9 Å². The van der Waals surface area contributed by atoms with E-state index in [-0.39, 0.29) is 0 Å². The quantitative estimate of drug-likeness (QED) is 0.857. The van der Waals surface area contributed by atoms with E-state index in [1.807, 2.05) is 30.9 Å². The maximum absolute atomic E-state index is 9.39. The van der Waals surface area contributed by atoms with Crippen molar-refractivity contribution in [2.75, 3.05) is 24.0 Å². The predicted octanol–water partition coefficient (Wildman–Crippen LogP) is 2.32. The molecule has 0 aliphatic heterocycles. The standard InChI is InChI=1S/C12H20N2OS/c1-9(8-16-4)14(3)12-6-5-11(7-13-12)10(2)15/h5-7,9-10,15H,8H2,1-4H3/t9?,10-/m0/s1. The molecule has 0 saturated carbocycles. The molecule has 2 atom stereocenters. The summed E-state index contributed by atoms with van der Waals surface area (Å²) < 4.78 is 0. The van der Waals surface area contributed by atoms with E-state index in [0.29, 0.717) is 6.04 Å². The summed E-state index contributed by atoms with van der Waals surface area (Å²) in [7, 11) is 2.05. The molecule has 0 saturated heterocycles. The number of aromatic nitrogens is 1. The van der Waals surface area contributed by atoms with E-state index in [4.69, 9.17) is 0 Å². The van der Waals surface area contributed by atoms with E-state index in [2.05, 4.69) is 23.1 Å². The van der Waals surface area contributed by atoms with Crippen LogP contribution in [0.2, 0.25) is 0 Å². The summed E-state index contributed by atoms with van der Waals surface area (Å²) in [6.07, 6.45) is 3.40. The minimum Gasteiger partial charge on any atom is -0.389 e. The van der Waals surface area contributed by atoms with Crippen molar-refractivity contribution in [2.45, 2.75) is 26.0 Å². The maximum atomic E-state index is 9.39. The number of pyridine rings is 1. The third kappa shape index (κ3) is 3.39. The minimum absolute atomic E-state index is 0.449. The first-order valence-electron chi connectivity index (χ1n) is 5.42. The van der Waals surface area contributed by atoms with Gasteiger partial charge in [0.1, 0.15) is 5.82 Å². The number of thioether (sulfide) groups is 1. The first-order valence-corrected chi connectivity index (χ1v) is 6.81. The van der Waals surface area contributed by atoms with Gasteiger partial charge in [0.05, 0.1) is 6.10 Å². The van der Waals surface area contributed by atoms with Crippen molar-refractivity contribution < 1.29 is 5.11 Å². The number of nitrogens with zero attached hydrogens (tertiary/aromatic N) is 2. The van der Waals surface area contributed by atoms with Crippen molar-refractivity contribution in [1.29, 1.82) is 0 Å². The molecule has 0 aromatic carbocycles. The van der Waals surface area contributed by atoms with Crippen LogP contribution in [0.4, 0.5) is 5.82 Å². The number of hydrogen-bond acceptors (Lipinski definition) is 4. The molecule has 0 aliphatic rings. The minimum atomic E-state index is -0.449. The SMILES string of the molecule is CSCC(C)N(C)c1ccc([C@H](C)O)cn1. The predicted molar refractivity (Wildman–Crippen MR) is 71.1 cm³/mol.